The van der Waals surface area contributed by atoms with E-state index in [9.17, 15) is 13.2 Å². The zero-order valence-electron chi connectivity index (χ0n) is 11.8. The van der Waals surface area contributed by atoms with Crippen LogP contribution in [0.5, 0.6) is 0 Å². The number of nitrogens with one attached hydrogen (secondary N) is 1. The number of nitriles is 1. The Balaban J connectivity index is 2.86. The van der Waals surface area contributed by atoms with Crippen molar-refractivity contribution in [2.75, 3.05) is 11.1 Å². The largest absolute Gasteiger partial charge is 0.325 e. The summed E-state index contributed by atoms with van der Waals surface area (Å²) in [6, 6.07) is 7.22. The molecule has 1 aromatic rings. The van der Waals surface area contributed by atoms with Crippen molar-refractivity contribution in [3.05, 3.63) is 29.3 Å². The van der Waals surface area contributed by atoms with E-state index in [1.165, 1.54) is 6.92 Å². The third-order valence-corrected chi connectivity index (χ3v) is 5.33. The Morgan fingerprint density at radius 3 is 2.65 bits per heavy atom. The van der Waals surface area contributed by atoms with Crippen LogP contribution in [-0.2, 0) is 14.6 Å². The van der Waals surface area contributed by atoms with E-state index in [0.717, 1.165) is 11.1 Å². The van der Waals surface area contributed by atoms with Gasteiger partial charge in [0, 0.05) is 12.1 Å². The van der Waals surface area contributed by atoms with Crippen LogP contribution < -0.4 is 5.32 Å². The first-order chi connectivity index (χ1) is 9.29. The van der Waals surface area contributed by atoms with E-state index in [4.69, 9.17) is 5.26 Å². The Bertz CT molecular complexity index is 645. The van der Waals surface area contributed by atoms with Crippen LogP contribution >= 0.6 is 0 Å². The van der Waals surface area contributed by atoms with Crippen LogP contribution in [0.15, 0.2) is 18.2 Å². The van der Waals surface area contributed by atoms with E-state index in [2.05, 4.69) is 5.32 Å². The standard InChI is InChI=1S/C14H18N2O3S/c1-10-6-4-7-13(11(10)2)16-14(17)12(3)20(18,19)9-5-8-15/h4,6-7,12H,5,9H2,1-3H3,(H,16,17). The first-order valence-corrected chi connectivity index (χ1v) is 7.96. The lowest BCUT2D eigenvalue weighted by atomic mass is 10.1. The van der Waals surface area contributed by atoms with Gasteiger partial charge in [0.05, 0.1) is 11.8 Å². The Labute approximate surface area is 119 Å². The van der Waals surface area contributed by atoms with Crippen LogP contribution in [0, 0.1) is 25.2 Å². The second kappa shape index (κ2) is 6.53. The van der Waals surface area contributed by atoms with Gasteiger partial charge in [0.25, 0.3) is 0 Å². The van der Waals surface area contributed by atoms with Crippen molar-refractivity contribution >= 4 is 21.4 Å². The number of hydrogen-bond donors (Lipinski definition) is 1. The van der Waals surface area contributed by atoms with Crippen LogP contribution in [0.1, 0.15) is 24.5 Å². The molecular weight excluding hydrogens is 276 g/mol. The molecule has 1 rings (SSSR count). The van der Waals surface area contributed by atoms with Gasteiger partial charge < -0.3 is 5.32 Å². The second-order valence-corrected chi connectivity index (χ2v) is 7.10. The van der Waals surface area contributed by atoms with Gasteiger partial charge in [-0.05, 0) is 38.0 Å². The molecule has 5 nitrogen and oxygen atoms in total. The Morgan fingerprint density at radius 1 is 1.40 bits per heavy atom. The molecule has 0 saturated carbocycles. The SMILES string of the molecule is Cc1cccc(NC(=O)C(C)S(=O)(=O)CCC#N)c1C. The van der Waals surface area contributed by atoms with E-state index < -0.39 is 21.0 Å². The van der Waals surface area contributed by atoms with Gasteiger partial charge in [0.1, 0.15) is 5.25 Å². The van der Waals surface area contributed by atoms with Crippen molar-refractivity contribution in [1.29, 1.82) is 5.26 Å². The molecule has 0 saturated heterocycles. The highest BCUT2D eigenvalue weighted by atomic mass is 32.2. The average molecular weight is 294 g/mol. The van der Waals surface area contributed by atoms with Crippen molar-refractivity contribution < 1.29 is 13.2 Å². The number of aryl methyl sites for hydroxylation is 1. The second-order valence-electron chi connectivity index (χ2n) is 4.65. The summed E-state index contributed by atoms with van der Waals surface area (Å²) in [5.74, 6) is -0.873. The predicted octanol–water partition coefficient (Wildman–Crippen LogP) is 1.96. The fourth-order valence-corrected chi connectivity index (χ4v) is 2.76. The van der Waals surface area contributed by atoms with Crippen molar-refractivity contribution in [2.24, 2.45) is 0 Å². The maximum absolute atomic E-state index is 12.0. The molecule has 6 heteroatoms. The van der Waals surface area contributed by atoms with E-state index >= 15 is 0 Å². The van der Waals surface area contributed by atoms with Crippen molar-refractivity contribution in [1.82, 2.24) is 0 Å². The van der Waals surface area contributed by atoms with E-state index in [1.54, 1.807) is 18.2 Å². The number of amides is 1. The molecule has 0 aromatic heterocycles. The lowest BCUT2D eigenvalue weighted by Crippen LogP contribution is -2.34. The molecular formula is C14H18N2O3S. The minimum absolute atomic E-state index is 0.108. The van der Waals surface area contributed by atoms with Crippen LogP contribution in [0.4, 0.5) is 5.69 Å². The summed E-state index contributed by atoms with van der Waals surface area (Å²) in [7, 11) is -3.60. The normalized spacial score (nSPS) is 12.5. The molecule has 0 aliphatic heterocycles. The fourth-order valence-electron chi connectivity index (χ4n) is 1.65. The van der Waals surface area contributed by atoms with Crippen LogP contribution in [-0.4, -0.2) is 25.3 Å². The predicted molar refractivity (Wildman–Crippen MR) is 78.0 cm³/mol. The smallest absolute Gasteiger partial charge is 0.242 e. The number of sulfone groups is 1. The topological polar surface area (TPSA) is 87.0 Å². The maximum atomic E-state index is 12.0. The van der Waals surface area contributed by atoms with E-state index in [-0.39, 0.29) is 12.2 Å². The molecule has 0 aliphatic rings. The molecule has 1 unspecified atom stereocenters. The zero-order chi connectivity index (χ0) is 15.3. The van der Waals surface area contributed by atoms with Crippen molar-refractivity contribution in [3.8, 4) is 6.07 Å². The molecule has 20 heavy (non-hydrogen) atoms. The van der Waals surface area contributed by atoms with Gasteiger partial charge in [0.15, 0.2) is 9.84 Å². The summed E-state index contributed by atoms with van der Waals surface area (Å²) in [6.07, 6.45) is -0.108. The number of nitrogens with zero attached hydrogens (tertiary/aromatic N) is 1. The number of carbonyl (C=O) groups is 1. The molecule has 108 valence electrons. The van der Waals surface area contributed by atoms with Gasteiger partial charge in [-0.25, -0.2) is 8.42 Å². The summed E-state index contributed by atoms with van der Waals surface area (Å²) < 4.78 is 23.7. The van der Waals surface area contributed by atoms with Gasteiger partial charge in [-0.3, -0.25) is 4.79 Å². The van der Waals surface area contributed by atoms with Gasteiger partial charge in [-0.1, -0.05) is 12.1 Å². The first kappa shape index (κ1) is 16.2. The quantitative estimate of drug-likeness (QED) is 0.899. The summed E-state index contributed by atoms with van der Waals surface area (Å²) in [4.78, 5) is 12.0. The first-order valence-electron chi connectivity index (χ1n) is 6.25. The average Bonchev–Trinajstić information content (AvgIpc) is 2.40. The van der Waals surface area contributed by atoms with Gasteiger partial charge >= 0.3 is 0 Å². The third kappa shape index (κ3) is 3.81. The number of hydrogen-bond acceptors (Lipinski definition) is 4. The molecule has 0 aliphatic carbocycles. The Morgan fingerprint density at radius 2 is 2.05 bits per heavy atom. The molecule has 1 atom stereocenters. The van der Waals surface area contributed by atoms with E-state index in [1.807, 2.05) is 19.9 Å². The van der Waals surface area contributed by atoms with Crippen LogP contribution in [0.25, 0.3) is 0 Å². The number of carbonyl (C=O) groups excluding carboxylic acids is 1. The van der Waals surface area contributed by atoms with Gasteiger partial charge in [-0.2, -0.15) is 5.26 Å². The molecule has 1 amide bonds. The molecule has 0 heterocycles. The molecule has 0 spiro atoms. The summed E-state index contributed by atoms with van der Waals surface area (Å²) in [5, 5.41) is 9.90. The number of benzene rings is 1. The van der Waals surface area contributed by atoms with Crippen molar-refractivity contribution in [3.63, 3.8) is 0 Å². The summed E-state index contributed by atoms with van der Waals surface area (Å²) >= 11 is 0. The monoisotopic (exact) mass is 294 g/mol. The third-order valence-electron chi connectivity index (χ3n) is 3.27. The van der Waals surface area contributed by atoms with Crippen LogP contribution in [0.2, 0.25) is 0 Å². The molecule has 0 bridgehead atoms. The lowest BCUT2D eigenvalue weighted by molar-refractivity contribution is -0.115. The molecule has 0 fully saturated rings. The highest BCUT2D eigenvalue weighted by Gasteiger charge is 2.27. The highest BCUT2D eigenvalue weighted by molar-refractivity contribution is 7.92. The van der Waals surface area contributed by atoms with Crippen molar-refractivity contribution in [2.45, 2.75) is 32.4 Å². The minimum atomic E-state index is -3.60. The fraction of sp³-hybridized carbons (Fsp3) is 0.429. The maximum Gasteiger partial charge on any atom is 0.242 e. The van der Waals surface area contributed by atoms with Gasteiger partial charge in [0.2, 0.25) is 5.91 Å². The van der Waals surface area contributed by atoms with Gasteiger partial charge in [-0.15, -0.1) is 0 Å². The minimum Gasteiger partial charge on any atom is -0.325 e. The number of anilines is 1. The molecule has 1 aromatic carbocycles. The number of rotatable bonds is 5. The summed E-state index contributed by atoms with van der Waals surface area (Å²) in [6.45, 7) is 5.12. The summed E-state index contributed by atoms with van der Waals surface area (Å²) in [5.41, 5.74) is 2.53. The molecule has 0 radical (unpaired) electrons. The zero-order valence-corrected chi connectivity index (χ0v) is 12.6. The lowest BCUT2D eigenvalue weighted by Gasteiger charge is -2.14. The Hall–Kier alpha value is -1.87. The van der Waals surface area contributed by atoms with E-state index in [0.29, 0.717) is 5.69 Å². The van der Waals surface area contributed by atoms with Crippen LogP contribution in [0.3, 0.4) is 0 Å². The highest BCUT2D eigenvalue weighted by Crippen LogP contribution is 2.19. The molecule has 1 N–H and O–H groups in total. The Kier molecular flexibility index (Phi) is 5.28.